The Hall–Kier alpha value is -1.88. The van der Waals surface area contributed by atoms with E-state index in [9.17, 15) is 14.7 Å². The van der Waals surface area contributed by atoms with Gasteiger partial charge in [0.15, 0.2) is 6.04 Å². The fourth-order valence-corrected chi connectivity index (χ4v) is 2.77. The van der Waals surface area contributed by atoms with Crippen molar-refractivity contribution in [3.05, 3.63) is 35.9 Å². The van der Waals surface area contributed by atoms with E-state index in [1.54, 1.807) is 24.3 Å². The van der Waals surface area contributed by atoms with Crippen molar-refractivity contribution in [1.29, 1.82) is 0 Å². The molecule has 0 bridgehead atoms. The first kappa shape index (κ1) is 16.5. The second kappa shape index (κ2) is 7.94. The van der Waals surface area contributed by atoms with Crippen molar-refractivity contribution < 1.29 is 19.4 Å². The summed E-state index contributed by atoms with van der Waals surface area (Å²) in [6.07, 6.45) is 4.28. The Kier molecular flexibility index (Phi) is 5.95. The topological polar surface area (TPSA) is 75.6 Å². The molecule has 1 aromatic rings. The first-order valence-electron chi connectivity index (χ1n) is 7.85. The second-order valence-corrected chi connectivity index (χ2v) is 5.63. The number of aliphatic carboxylic acids is 1. The zero-order valence-corrected chi connectivity index (χ0v) is 12.8. The van der Waals surface area contributed by atoms with Crippen LogP contribution in [0.4, 0.5) is 0 Å². The molecule has 0 aromatic heterocycles. The predicted molar refractivity (Wildman–Crippen MR) is 82.4 cm³/mol. The van der Waals surface area contributed by atoms with Crippen molar-refractivity contribution in [1.82, 2.24) is 5.32 Å². The maximum Gasteiger partial charge on any atom is 0.330 e. The molecule has 2 unspecified atom stereocenters. The van der Waals surface area contributed by atoms with Crippen LogP contribution < -0.4 is 5.32 Å². The molecule has 22 heavy (non-hydrogen) atoms. The Bertz CT molecular complexity index is 497. The number of carboxylic acids is 1. The number of carbonyl (C=O) groups excluding carboxylic acids is 1. The summed E-state index contributed by atoms with van der Waals surface area (Å²) >= 11 is 0. The lowest BCUT2D eigenvalue weighted by molar-refractivity contribution is -0.146. The molecule has 1 saturated carbocycles. The third-order valence-electron chi connectivity index (χ3n) is 3.99. The molecule has 0 radical (unpaired) electrons. The van der Waals surface area contributed by atoms with Crippen LogP contribution in [0.2, 0.25) is 0 Å². The van der Waals surface area contributed by atoms with Gasteiger partial charge in [0.2, 0.25) is 5.91 Å². The van der Waals surface area contributed by atoms with Crippen LogP contribution in [0.1, 0.15) is 50.6 Å². The van der Waals surface area contributed by atoms with Crippen LogP contribution in [0, 0.1) is 0 Å². The number of nitrogens with one attached hydrogen (secondary N) is 1. The minimum atomic E-state index is -1.07. The Morgan fingerprint density at radius 2 is 1.91 bits per heavy atom. The second-order valence-electron chi connectivity index (χ2n) is 5.63. The van der Waals surface area contributed by atoms with E-state index >= 15 is 0 Å². The van der Waals surface area contributed by atoms with E-state index in [-0.39, 0.29) is 12.0 Å². The normalized spacial score (nSPS) is 17.9. The zero-order chi connectivity index (χ0) is 15.9. The largest absolute Gasteiger partial charge is 0.479 e. The number of hydrogen-bond acceptors (Lipinski definition) is 3. The van der Waals surface area contributed by atoms with E-state index < -0.39 is 18.1 Å². The van der Waals surface area contributed by atoms with Gasteiger partial charge in [-0.2, -0.15) is 0 Å². The van der Waals surface area contributed by atoms with Crippen LogP contribution in [0.15, 0.2) is 30.3 Å². The molecule has 0 spiro atoms. The lowest BCUT2D eigenvalue weighted by Crippen LogP contribution is -2.42. The van der Waals surface area contributed by atoms with E-state index in [1.807, 2.05) is 13.0 Å². The lowest BCUT2D eigenvalue weighted by Gasteiger charge is -2.22. The smallest absolute Gasteiger partial charge is 0.330 e. The monoisotopic (exact) mass is 305 g/mol. The number of carboxylic acid groups (broad SMARTS) is 1. The number of ether oxygens (including phenoxy) is 1. The molecule has 2 rings (SSSR count). The molecule has 0 saturated heterocycles. The summed E-state index contributed by atoms with van der Waals surface area (Å²) in [5, 5.41) is 12.0. The SMILES string of the molecule is CCC(OC1CCCC1)C(=O)NC(C(=O)O)c1ccccc1. The van der Waals surface area contributed by atoms with Gasteiger partial charge >= 0.3 is 5.97 Å². The van der Waals surface area contributed by atoms with Gasteiger partial charge in [0.25, 0.3) is 0 Å². The molecule has 1 aliphatic carbocycles. The Balaban J connectivity index is 2.01. The first-order valence-corrected chi connectivity index (χ1v) is 7.85. The molecule has 5 nitrogen and oxygen atoms in total. The molecule has 5 heteroatoms. The van der Waals surface area contributed by atoms with E-state index in [4.69, 9.17) is 4.74 Å². The fourth-order valence-electron chi connectivity index (χ4n) is 2.77. The maximum absolute atomic E-state index is 12.4. The number of rotatable bonds is 7. The molecule has 2 N–H and O–H groups in total. The average Bonchev–Trinajstić information content (AvgIpc) is 3.03. The van der Waals surface area contributed by atoms with Crippen LogP contribution in [0.25, 0.3) is 0 Å². The summed E-state index contributed by atoms with van der Waals surface area (Å²) in [4.78, 5) is 23.8. The molecule has 1 aromatic carbocycles. The zero-order valence-electron chi connectivity index (χ0n) is 12.8. The van der Waals surface area contributed by atoms with E-state index in [1.165, 1.54) is 0 Å². The van der Waals surface area contributed by atoms with Gasteiger partial charge in [0.1, 0.15) is 6.10 Å². The van der Waals surface area contributed by atoms with Gasteiger partial charge in [0, 0.05) is 0 Å². The van der Waals surface area contributed by atoms with Gasteiger partial charge in [-0.3, -0.25) is 4.79 Å². The van der Waals surface area contributed by atoms with Crippen LogP contribution >= 0.6 is 0 Å². The van der Waals surface area contributed by atoms with Crippen molar-refractivity contribution in [2.24, 2.45) is 0 Å². The molecular weight excluding hydrogens is 282 g/mol. The van der Waals surface area contributed by atoms with Crippen molar-refractivity contribution in [3.63, 3.8) is 0 Å². The fraction of sp³-hybridized carbons (Fsp3) is 0.529. The van der Waals surface area contributed by atoms with Crippen molar-refractivity contribution in [3.8, 4) is 0 Å². The van der Waals surface area contributed by atoms with Crippen LogP contribution in [0.5, 0.6) is 0 Å². The number of hydrogen-bond donors (Lipinski definition) is 2. The molecule has 1 fully saturated rings. The number of amides is 1. The highest BCUT2D eigenvalue weighted by Gasteiger charge is 2.28. The quantitative estimate of drug-likeness (QED) is 0.812. The predicted octanol–water partition coefficient (Wildman–Crippen LogP) is 2.67. The number of benzene rings is 1. The maximum atomic E-state index is 12.4. The highest BCUT2D eigenvalue weighted by atomic mass is 16.5. The summed E-state index contributed by atoms with van der Waals surface area (Å²) < 4.78 is 5.83. The summed E-state index contributed by atoms with van der Waals surface area (Å²) in [7, 11) is 0. The molecule has 1 amide bonds. The first-order chi connectivity index (χ1) is 10.6. The van der Waals surface area contributed by atoms with Crippen LogP contribution in [-0.2, 0) is 14.3 Å². The van der Waals surface area contributed by atoms with Gasteiger partial charge in [-0.15, -0.1) is 0 Å². The van der Waals surface area contributed by atoms with Crippen LogP contribution in [-0.4, -0.2) is 29.2 Å². The minimum absolute atomic E-state index is 0.121. The highest BCUT2D eigenvalue weighted by molar-refractivity contribution is 5.87. The van der Waals surface area contributed by atoms with E-state index in [0.29, 0.717) is 12.0 Å². The number of carbonyl (C=O) groups is 2. The molecular formula is C17H23NO4. The molecule has 0 aliphatic heterocycles. The van der Waals surface area contributed by atoms with Crippen molar-refractivity contribution in [2.45, 2.75) is 57.3 Å². The summed E-state index contributed by atoms with van der Waals surface area (Å²) in [5.74, 6) is -1.43. The van der Waals surface area contributed by atoms with Gasteiger partial charge in [-0.05, 0) is 24.8 Å². The molecule has 0 heterocycles. The molecule has 120 valence electrons. The van der Waals surface area contributed by atoms with Gasteiger partial charge in [-0.1, -0.05) is 50.1 Å². The third kappa shape index (κ3) is 4.31. The summed E-state index contributed by atoms with van der Waals surface area (Å²) in [6.45, 7) is 1.87. The Morgan fingerprint density at radius 3 is 2.45 bits per heavy atom. The van der Waals surface area contributed by atoms with Crippen LogP contribution in [0.3, 0.4) is 0 Å². The Morgan fingerprint density at radius 1 is 1.27 bits per heavy atom. The minimum Gasteiger partial charge on any atom is -0.479 e. The molecule has 2 atom stereocenters. The van der Waals surface area contributed by atoms with Crippen molar-refractivity contribution >= 4 is 11.9 Å². The Labute approximate surface area is 130 Å². The average molecular weight is 305 g/mol. The third-order valence-corrected chi connectivity index (χ3v) is 3.99. The van der Waals surface area contributed by atoms with E-state index in [0.717, 1.165) is 25.7 Å². The van der Waals surface area contributed by atoms with Gasteiger partial charge < -0.3 is 15.2 Å². The van der Waals surface area contributed by atoms with Crippen molar-refractivity contribution in [2.75, 3.05) is 0 Å². The van der Waals surface area contributed by atoms with E-state index in [2.05, 4.69) is 5.32 Å². The lowest BCUT2D eigenvalue weighted by atomic mass is 10.1. The van der Waals surface area contributed by atoms with Gasteiger partial charge in [-0.25, -0.2) is 4.79 Å². The van der Waals surface area contributed by atoms with Gasteiger partial charge in [0.05, 0.1) is 6.10 Å². The standard InChI is InChI=1S/C17H23NO4/c1-2-14(22-13-10-6-7-11-13)16(19)18-15(17(20)21)12-8-4-3-5-9-12/h3-5,8-9,13-15H,2,6-7,10-11H2,1H3,(H,18,19)(H,20,21). The summed E-state index contributed by atoms with van der Waals surface area (Å²) in [5.41, 5.74) is 0.555. The highest BCUT2D eigenvalue weighted by Crippen LogP contribution is 2.23. The summed E-state index contributed by atoms with van der Waals surface area (Å²) in [6, 6.07) is 7.65. The molecule has 1 aliphatic rings.